The molecule has 0 aliphatic heterocycles. The largest absolute Gasteiger partial charge is 1.00 e. The van der Waals surface area contributed by atoms with E-state index < -0.39 is 19.8 Å². The van der Waals surface area contributed by atoms with Gasteiger partial charge in [-0.3, -0.25) is 0 Å². The molecule has 39 heavy (non-hydrogen) atoms. The van der Waals surface area contributed by atoms with Crippen LogP contribution in [0.3, 0.4) is 0 Å². The minimum absolute atomic E-state index is 0. The molecule has 4 aromatic carbocycles. The van der Waals surface area contributed by atoms with Gasteiger partial charge in [0.15, 0.2) is 0 Å². The van der Waals surface area contributed by atoms with Gasteiger partial charge in [-0.2, -0.15) is 0 Å². The molecule has 0 bridgehead atoms. The first kappa shape index (κ1) is 27.7. The van der Waals surface area contributed by atoms with Crippen molar-refractivity contribution in [2.24, 2.45) is 0 Å². The second-order valence-corrected chi connectivity index (χ2v) is 20.8. The molecule has 3 heteroatoms. The molecule has 0 saturated carbocycles. The van der Waals surface area contributed by atoms with E-state index in [1.165, 1.54) is 33.4 Å². The summed E-state index contributed by atoms with van der Waals surface area (Å²) in [6.07, 6.45) is 19.2. The van der Waals surface area contributed by atoms with Crippen LogP contribution in [0.5, 0.6) is 0 Å². The Kier molecular flexibility index (Phi) is 8.34. The summed E-state index contributed by atoms with van der Waals surface area (Å²) in [4.78, 5) is 0. The van der Waals surface area contributed by atoms with Crippen molar-refractivity contribution < 1.29 is 44.6 Å². The Morgan fingerprint density at radius 2 is 0.795 bits per heavy atom. The Bertz CT molecular complexity index is 1500. The molecule has 0 amide bonds. The predicted octanol–water partition coefficient (Wildman–Crippen LogP) is 3.02. The molecule has 0 atom stereocenters. The summed E-state index contributed by atoms with van der Waals surface area (Å²) < 4.78 is 2.89. The van der Waals surface area contributed by atoms with Crippen molar-refractivity contribution in [2.45, 2.75) is 10.9 Å². The quantitative estimate of drug-likeness (QED) is 0.321. The number of halogens is 2. The van der Waals surface area contributed by atoms with Crippen molar-refractivity contribution in [3.8, 4) is 11.1 Å². The maximum absolute atomic E-state index is 3.70. The molecule has 0 saturated heterocycles. The first-order valence-corrected chi connectivity index (χ1v) is 18.7. The van der Waals surface area contributed by atoms with E-state index in [4.69, 9.17) is 0 Å². The number of rotatable bonds is 5. The van der Waals surface area contributed by atoms with Gasteiger partial charge in [-0.1, -0.05) is 0 Å². The molecule has 0 spiro atoms. The fraction of sp³-hybridized carbons (Fsp3) is 0.0833. The van der Waals surface area contributed by atoms with Crippen molar-refractivity contribution in [1.29, 1.82) is 0 Å². The van der Waals surface area contributed by atoms with E-state index in [9.17, 15) is 0 Å². The zero-order valence-electron chi connectivity index (χ0n) is 21.5. The maximum Gasteiger partial charge on any atom is -1.00 e. The summed E-state index contributed by atoms with van der Waals surface area (Å²) >= 11 is -3.70. The van der Waals surface area contributed by atoms with Gasteiger partial charge in [0, 0.05) is 0 Å². The molecule has 0 fully saturated rings. The van der Waals surface area contributed by atoms with E-state index in [1.54, 1.807) is 3.21 Å². The van der Waals surface area contributed by atoms with Gasteiger partial charge in [-0.25, -0.2) is 0 Å². The number of benzene rings is 4. The summed E-state index contributed by atoms with van der Waals surface area (Å²) in [5.41, 5.74) is 8.64. The average molecular weight is 624 g/mol. The Morgan fingerprint density at radius 1 is 0.436 bits per heavy atom. The standard InChI is InChI=1S/C13H9.C13H10.2C5H5.2ClH.Zr/c1-3-7-12-10(5-1)9-11-6-2-4-8-13(11)12;1-3-7-12(8-4-1)11-13-9-5-2-6-10-13;2*1-2-4-5-3-1;;;/h1-9H;1-10H;2*1-5H;2*1H;/p-2. The normalized spacial score (nSPS) is 15.6. The van der Waals surface area contributed by atoms with Crippen LogP contribution in [0, 0.1) is 0 Å². The molecule has 193 valence electrons. The van der Waals surface area contributed by atoms with Gasteiger partial charge in [0.1, 0.15) is 0 Å². The van der Waals surface area contributed by atoms with Crippen LogP contribution in [0.1, 0.15) is 25.9 Å². The summed E-state index contributed by atoms with van der Waals surface area (Å²) in [6.45, 7) is 0. The molecular weight excluding hydrogens is 595 g/mol. The number of hydrogen-bond acceptors (Lipinski definition) is 0. The topological polar surface area (TPSA) is 0 Å². The fourth-order valence-electron chi connectivity index (χ4n) is 7.13. The van der Waals surface area contributed by atoms with Crippen LogP contribution in [0.15, 0.2) is 158 Å². The predicted molar refractivity (Wildman–Crippen MR) is 154 cm³/mol. The SMILES string of the molecule is C1=C[CH]([Zr](=[C](c2ccccc2)c2ccccc2)([CH]2C=CC=C2)[CH]2c3ccccc3-c3ccccc32)C=C1.[Cl-].[Cl-]. The zero-order chi connectivity index (χ0) is 24.7. The van der Waals surface area contributed by atoms with E-state index in [1.807, 2.05) is 0 Å². The van der Waals surface area contributed by atoms with Gasteiger partial charge >= 0.3 is 225 Å². The minimum Gasteiger partial charge on any atom is -1.00 e. The van der Waals surface area contributed by atoms with Crippen LogP contribution >= 0.6 is 0 Å². The van der Waals surface area contributed by atoms with E-state index in [0.717, 1.165) is 0 Å². The maximum atomic E-state index is 2.52. The molecule has 0 nitrogen and oxygen atoms in total. The van der Waals surface area contributed by atoms with Crippen molar-refractivity contribution in [2.75, 3.05) is 0 Å². The molecule has 3 aliphatic rings. The van der Waals surface area contributed by atoms with Crippen molar-refractivity contribution >= 4 is 3.21 Å². The van der Waals surface area contributed by atoms with Gasteiger partial charge in [0.25, 0.3) is 0 Å². The summed E-state index contributed by atoms with van der Waals surface area (Å²) in [5, 5.41) is 0. The van der Waals surface area contributed by atoms with Crippen LogP contribution in [0.2, 0.25) is 7.25 Å². The smallest absolute Gasteiger partial charge is 1.00 e. The van der Waals surface area contributed by atoms with Crippen LogP contribution < -0.4 is 24.8 Å². The molecular formula is C36H29Cl2Zr-2. The fourth-order valence-corrected chi connectivity index (χ4v) is 23.7. The number of allylic oxidation sites excluding steroid dienone is 8. The third kappa shape index (κ3) is 4.46. The van der Waals surface area contributed by atoms with Gasteiger partial charge < -0.3 is 24.8 Å². The molecule has 0 heterocycles. The minimum atomic E-state index is -3.70. The Balaban J connectivity index is 0.00000154. The monoisotopic (exact) mass is 621 g/mol. The average Bonchev–Trinajstić information content (AvgIpc) is 3.75. The van der Waals surface area contributed by atoms with E-state index >= 15 is 0 Å². The van der Waals surface area contributed by atoms with Crippen LogP contribution in [0.25, 0.3) is 11.1 Å². The van der Waals surface area contributed by atoms with E-state index in [-0.39, 0.29) is 24.8 Å². The first-order valence-electron chi connectivity index (χ1n) is 13.3. The Morgan fingerprint density at radius 3 is 1.21 bits per heavy atom. The molecule has 7 rings (SSSR count). The van der Waals surface area contributed by atoms with Gasteiger partial charge in [0.2, 0.25) is 0 Å². The van der Waals surface area contributed by atoms with Crippen molar-refractivity contribution in [3.63, 3.8) is 0 Å². The molecule has 0 unspecified atom stereocenters. The number of fused-ring (bicyclic) bond motifs is 3. The molecule has 0 radical (unpaired) electrons. The molecule has 0 N–H and O–H groups in total. The van der Waals surface area contributed by atoms with Gasteiger partial charge in [0.05, 0.1) is 0 Å². The zero-order valence-corrected chi connectivity index (χ0v) is 25.5. The first-order chi connectivity index (χ1) is 18.4. The summed E-state index contributed by atoms with van der Waals surface area (Å²) in [6, 6.07) is 41.0. The Hall–Kier alpha value is -2.83. The van der Waals surface area contributed by atoms with Crippen molar-refractivity contribution in [3.05, 3.63) is 180 Å². The third-order valence-corrected chi connectivity index (χ3v) is 23.2. The van der Waals surface area contributed by atoms with Crippen LogP contribution in [0.4, 0.5) is 0 Å². The van der Waals surface area contributed by atoms with Gasteiger partial charge in [-0.15, -0.1) is 0 Å². The van der Waals surface area contributed by atoms with Crippen LogP contribution in [-0.2, 0) is 19.8 Å². The second kappa shape index (κ2) is 11.7. The summed E-state index contributed by atoms with van der Waals surface area (Å²) in [5.74, 6) is 0. The van der Waals surface area contributed by atoms with E-state index in [2.05, 4.69) is 158 Å². The van der Waals surface area contributed by atoms with Crippen molar-refractivity contribution in [1.82, 2.24) is 0 Å². The summed E-state index contributed by atoms with van der Waals surface area (Å²) in [7, 11) is 0. The molecule has 0 aromatic heterocycles. The van der Waals surface area contributed by atoms with E-state index in [0.29, 0.717) is 10.9 Å². The second-order valence-electron chi connectivity index (χ2n) is 10.2. The number of hydrogen-bond donors (Lipinski definition) is 0. The Labute approximate surface area is 248 Å². The van der Waals surface area contributed by atoms with Crippen LogP contribution in [-0.4, -0.2) is 3.21 Å². The molecule has 4 aromatic rings. The molecule has 3 aliphatic carbocycles. The van der Waals surface area contributed by atoms with Gasteiger partial charge in [-0.05, 0) is 0 Å². The third-order valence-electron chi connectivity index (χ3n) is 8.47.